The predicted molar refractivity (Wildman–Crippen MR) is 56.2 cm³/mol. The van der Waals surface area contributed by atoms with Crippen molar-refractivity contribution in [2.75, 3.05) is 19.3 Å². The molecule has 0 heterocycles. The lowest BCUT2D eigenvalue weighted by Gasteiger charge is -2.25. The van der Waals surface area contributed by atoms with Gasteiger partial charge in [-0.3, -0.25) is 0 Å². The van der Waals surface area contributed by atoms with Gasteiger partial charge in [-0.05, 0) is 11.8 Å². The van der Waals surface area contributed by atoms with Crippen LogP contribution in [0, 0.1) is 5.41 Å². The summed E-state index contributed by atoms with van der Waals surface area (Å²) in [5, 5.41) is 0. The summed E-state index contributed by atoms with van der Waals surface area (Å²) in [7, 11) is -1.36. The molecule has 0 rings (SSSR count). The Morgan fingerprint density at radius 3 is 2.00 bits per heavy atom. The van der Waals surface area contributed by atoms with E-state index in [2.05, 4.69) is 0 Å². The number of hydrogen-bond donors (Lipinski definition) is 0. The zero-order chi connectivity index (χ0) is 10.7. The van der Waals surface area contributed by atoms with E-state index in [9.17, 15) is 8.42 Å². The molecule has 0 aliphatic carbocycles. The van der Waals surface area contributed by atoms with Crippen LogP contribution in [-0.4, -0.2) is 32.1 Å². The highest BCUT2D eigenvalue weighted by Crippen LogP contribution is 2.16. The van der Waals surface area contributed by atoms with Gasteiger partial charge in [0.2, 0.25) is 10.0 Å². The average molecular weight is 207 g/mol. The second kappa shape index (κ2) is 4.42. The molecule has 0 fully saturated rings. The Labute approximate surface area is 82.2 Å². The molecule has 0 aliphatic heterocycles. The molecule has 0 spiro atoms. The Morgan fingerprint density at radius 1 is 1.23 bits per heavy atom. The highest BCUT2D eigenvalue weighted by atomic mass is 32.2. The van der Waals surface area contributed by atoms with Gasteiger partial charge in [0.05, 0.1) is 5.75 Å². The Morgan fingerprint density at radius 2 is 1.69 bits per heavy atom. The van der Waals surface area contributed by atoms with Crippen molar-refractivity contribution in [3.63, 3.8) is 0 Å². The molecular formula is C9H21NO2S. The first-order valence-electron chi connectivity index (χ1n) is 4.63. The molecule has 0 aromatic carbocycles. The van der Waals surface area contributed by atoms with Gasteiger partial charge in [-0.25, -0.2) is 12.7 Å². The van der Waals surface area contributed by atoms with Crippen LogP contribution in [0.4, 0.5) is 0 Å². The number of rotatable bonds is 4. The minimum Gasteiger partial charge on any atom is -0.212 e. The summed E-state index contributed by atoms with van der Waals surface area (Å²) < 4.78 is 24.5. The quantitative estimate of drug-likeness (QED) is 0.703. The minimum absolute atomic E-state index is 0.0234. The van der Waals surface area contributed by atoms with E-state index >= 15 is 0 Å². The number of sulfonamides is 1. The van der Waals surface area contributed by atoms with Crippen molar-refractivity contribution in [3.8, 4) is 0 Å². The molecule has 0 saturated carbocycles. The molecule has 80 valence electrons. The van der Waals surface area contributed by atoms with Crippen molar-refractivity contribution >= 4 is 10.0 Å². The van der Waals surface area contributed by atoms with Crippen LogP contribution in [0.5, 0.6) is 0 Å². The first kappa shape index (κ1) is 12.9. The average Bonchev–Trinajstić information content (AvgIpc) is 1.82. The molecule has 0 radical (unpaired) electrons. The van der Waals surface area contributed by atoms with Crippen LogP contribution in [0.25, 0.3) is 0 Å². The van der Waals surface area contributed by atoms with Crippen LogP contribution in [-0.2, 0) is 10.0 Å². The van der Waals surface area contributed by atoms with E-state index in [1.165, 1.54) is 4.31 Å². The SMILES string of the molecule is CCCS(=O)(=O)N(C)CC(C)(C)C. The summed E-state index contributed by atoms with van der Waals surface area (Å²) in [5.74, 6) is 0.250. The van der Waals surface area contributed by atoms with E-state index in [1.54, 1.807) is 7.05 Å². The summed E-state index contributed by atoms with van der Waals surface area (Å²) in [6.07, 6.45) is 0.677. The van der Waals surface area contributed by atoms with Gasteiger partial charge in [0.1, 0.15) is 0 Å². The van der Waals surface area contributed by atoms with Crippen molar-refractivity contribution in [3.05, 3.63) is 0 Å². The van der Waals surface area contributed by atoms with Gasteiger partial charge < -0.3 is 0 Å². The van der Waals surface area contributed by atoms with Crippen LogP contribution >= 0.6 is 0 Å². The summed E-state index contributed by atoms with van der Waals surface area (Å²) in [6, 6.07) is 0. The first-order chi connectivity index (χ1) is 5.69. The molecular weight excluding hydrogens is 186 g/mol. The highest BCUT2D eigenvalue weighted by Gasteiger charge is 2.22. The molecule has 13 heavy (non-hydrogen) atoms. The third kappa shape index (κ3) is 5.26. The second-order valence-electron chi connectivity index (χ2n) is 4.63. The van der Waals surface area contributed by atoms with E-state index in [0.29, 0.717) is 13.0 Å². The van der Waals surface area contributed by atoms with Gasteiger partial charge in [-0.1, -0.05) is 27.7 Å². The fraction of sp³-hybridized carbons (Fsp3) is 1.00. The van der Waals surface area contributed by atoms with Gasteiger partial charge >= 0.3 is 0 Å². The zero-order valence-electron chi connectivity index (χ0n) is 9.29. The Bertz CT molecular complexity index is 239. The zero-order valence-corrected chi connectivity index (χ0v) is 10.1. The lowest BCUT2D eigenvalue weighted by atomic mass is 9.97. The van der Waals surface area contributed by atoms with Crippen LogP contribution in [0.15, 0.2) is 0 Å². The van der Waals surface area contributed by atoms with Crippen LogP contribution in [0.1, 0.15) is 34.1 Å². The first-order valence-corrected chi connectivity index (χ1v) is 6.24. The molecule has 0 aromatic heterocycles. The third-order valence-electron chi connectivity index (χ3n) is 1.63. The van der Waals surface area contributed by atoms with E-state index in [4.69, 9.17) is 0 Å². The Hall–Kier alpha value is -0.0900. The number of hydrogen-bond acceptors (Lipinski definition) is 2. The van der Waals surface area contributed by atoms with Crippen molar-refractivity contribution in [2.24, 2.45) is 5.41 Å². The normalized spacial score (nSPS) is 13.7. The molecule has 0 saturated heterocycles. The molecule has 4 heteroatoms. The van der Waals surface area contributed by atoms with Gasteiger partial charge in [-0.15, -0.1) is 0 Å². The maximum Gasteiger partial charge on any atom is 0.213 e. The number of nitrogens with zero attached hydrogens (tertiary/aromatic N) is 1. The molecule has 0 amide bonds. The Kier molecular flexibility index (Phi) is 4.39. The van der Waals surface area contributed by atoms with Crippen molar-refractivity contribution < 1.29 is 8.42 Å². The molecule has 0 bridgehead atoms. The van der Waals surface area contributed by atoms with Crippen LogP contribution in [0.3, 0.4) is 0 Å². The smallest absolute Gasteiger partial charge is 0.212 e. The lowest BCUT2D eigenvalue weighted by Crippen LogP contribution is -2.35. The lowest BCUT2D eigenvalue weighted by molar-refractivity contribution is 0.310. The standard InChI is InChI=1S/C9H21NO2S/c1-6-7-13(11,12)10(5)8-9(2,3)4/h6-8H2,1-5H3. The minimum atomic E-state index is -3.01. The summed E-state index contributed by atoms with van der Waals surface area (Å²) >= 11 is 0. The second-order valence-corrected chi connectivity index (χ2v) is 6.83. The summed E-state index contributed by atoms with van der Waals surface area (Å²) in [4.78, 5) is 0. The fourth-order valence-electron chi connectivity index (χ4n) is 1.18. The van der Waals surface area contributed by atoms with Gasteiger partial charge in [0.15, 0.2) is 0 Å². The topological polar surface area (TPSA) is 37.4 Å². The third-order valence-corrected chi connectivity index (χ3v) is 3.64. The maximum atomic E-state index is 11.5. The van der Waals surface area contributed by atoms with E-state index in [1.807, 2.05) is 27.7 Å². The van der Waals surface area contributed by atoms with Crippen molar-refractivity contribution in [2.45, 2.75) is 34.1 Å². The Balaban J connectivity index is 4.35. The van der Waals surface area contributed by atoms with E-state index in [-0.39, 0.29) is 11.2 Å². The van der Waals surface area contributed by atoms with Crippen LogP contribution in [0.2, 0.25) is 0 Å². The van der Waals surface area contributed by atoms with Gasteiger partial charge in [-0.2, -0.15) is 0 Å². The van der Waals surface area contributed by atoms with Crippen LogP contribution < -0.4 is 0 Å². The van der Waals surface area contributed by atoms with Crippen molar-refractivity contribution in [1.29, 1.82) is 0 Å². The fourth-order valence-corrected chi connectivity index (χ4v) is 2.59. The predicted octanol–water partition coefficient (Wildman–Crippen LogP) is 1.70. The van der Waals surface area contributed by atoms with E-state index in [0.717, 1.165) is 0 Å². The monoisotopic (exact) mass is 207 g/mol. The summed E-state index contributed by atoms with van der Waals surface area (Å²) in [6.45, 7) is 8.55. The summed E-state index contributed by atoms with van der Waals surface area (Å²) in [5.41, 5.74) is 0.0234. The maximum absolute atomic E-state index is 11.5. The molecule has 0 aliphatic rings. The largest absolute Gasteiger partial charge is 0.213 e. The van der Waals surface area contributed by atoms with Gasteiger partial charge in [0, 0.05) is 13.6 Å². The van der Waals surface area contributed by atoms with E-state index < -0.39 is 10.0 Å². The van der Waals surface area contributed by atoms with Gasteiger partial charge in [0.25, 0.3) is 0 Å². The van der Waals surface area contributed by atoms with Crippen molar-refractivity contribution in [1.82, 2.24) is 4.31 Å². The molecule has 3 nitrogen and oxygen atoms in total. The molecule has 0 atom stereocenters. The molecule has 0 N–H and O–H groups in total. The molecule has 0 unspecified atom stereocenters. The molecule has 0 aromatic rings. The highest BCUT2D eigenvalue weighted by molar-refractivity contribution is 7.89.